The summed E-state index contributed by atoms with van der Waals surface area (Å²) in [5.74, 6) is -1.34. The van der Waals surface area contributed by atoms with Crippen molar-refractivity contribution in [3.8, 4) is 11.6 Å². The van der Waals surface area contributed by atoms with Crippen LogP contribution in [0.4, 0.5) is 4.79 Å². The highest BCUT2D eigenvalue weighted by Crippen LogP contribution is 2.46. The van der Waals surface area contributed by atoms with Crippen molar-refractivity contribution in [1.82, 2.24) is 25.2 Å². The predicted molar refractivity (Wildman–Crippen MR) is 187 cm³/mol. The fraction of sp³-hybridized carbons (Fsp3) is 0.583. The molecule has 0 spiro atoms. The number of carbonyl (C=O) groups excluding carboxylic acids is 4. The molecule has 2 aliphatic heterocycles. The zero-order chi connectivity index (χ0) is 36.6. The molecule has 1 aromatic carbocycles. The van der Waals surface area contributed by atoms with Crippen LogP contribution in [0.25, 0.3) is 10.8 Å². The average molecular weight is 726 g/mol. The average Bonchev–Trinajstić information content (AvgIpc) is 3.99. The van der Waals surface area contributed by atoms with Gasteiger partial charge in [-0.1, -0.05) is 25.0 Å². The van der Waals surface area contributed by atoms with E-state index in [4.69, 9.17) is 14.2 Å². The van der Waals surface area contributed by atoms with E-state index in [0.717, 1.165) is 18.2 Å². The number of hydrogen-bond donors (Lipinski definition) is 3. The fourth-order valence-electron chi connectivity index (χ4n) is 6.80. The number of aromatic nitrogens is 1. The highest BCUT2D eigenvalue weighted by atomic mass is 32.2. The predicted octanol–water partition coefficient (Wildman–Crippen LogP) is 3.49. The SMILES string of the molecule is COc1ccc2c(OC3C[C@H]4C(=O)N[C@]5(C(=O)NS(=O)(=O)C6CC6)C[C@H]5C=CCCCCC[C@H](NC(=O)OC(C)(C)C)C(=O)N4C3)nccc2c1. The summed E-state index contributed by atoms with van der Waals surface area (Å²) in [6, 6.07) is 5.19. The molecule has 3 N–H and O–H groups in total. The first-order chi connectivity index (χ1) is 24.2. The molecule has 3 heterocycles. The van der Waals surface area contributed by atoms with Crippen LogP contribution in [0, 0.1) is 5.92 Å². The summed E-state index contributed by atoms with van der Waals surface area (Å²) in [5.41, 5.74) is -2.29. The summed E-state index contributed by atoms with van der Waals surface area (Å²) in [6.07, 6.45) is 8.41. The summed E-state index contributed by atoms with van der Waals surface area (Å²) in [5, 5.41) is 6.51. The number of methoxy groups -OCH3 is 1. The number of rotatable bonds is 7. The van der Waals surface area contributed by atoms with E-state index in [-0.39, 0.29) is 19.4 Å². The molecule has 1 saturated heterocycles. The maximum atomic E-state index is 14.4. The van der Waals surface area contributed by atoms with Gasteiger partial charge in [0.1, 0.15) is 35.1 Å². The second-order valence-corrected chi connectivity index (χ2v) is 16.9. The van der Waals surface area contributed by atoms with E-state index in [0.29, 0.717) is 49.1 Å². The van der Waals surface area contributed by atoms with Crippen molar-refractivity contribution in [1.29, 1.82) is 0 Å². The number of sulfonamides is 1. The van der Waals surface area contributed by atoms with Crippen LogP contribution >= 0.6 is 0 Å². The number of alkyl carbamates (subject to hydrolysis) is 1. The molecule has 1 unspecified atom stereocenters. The maximum absolute atomic E-state index is 14.4. The molecule has 1 aromatic heterocycles. The third-order valence-electron chi connectivity index (χ3n) is 9.75. The van der Waals surface area contributed by atoms with Crippen LogP contribution in [-0.4, -0.2) is 90.3 Å². The normalized spacial score (nSPS) is 27.3. The van der Waals surface area contributed by atoms with Crippen molar-refractivity contribution >= 4 is 44.6 Å². The van der Waals surface area contributed by atoms with Gasteiger partial charge in [0.25, 0.3) is 5.91 Å². The third kappa shape index (κ3) is 8.40. The van der Waals surface area contributed by atoms with Gasteiger partial charge in [-0.2, -0.15) is 0 Å². The number of hydrogen-bond acceptors (Lipinski definition) is 10. The fourth-order valence-corrected chi connectivity index (χ4v) is 8.17. The Morgan fingerprint density at radius 2 is 1.86 bits per heavy atom. The molecule has 0 radical (unpaired) electrons. The van der Waals surface area contributed by atoms with Crippen LogP contribution in [-0.2, 0) is 29.1 Å². The van der Waals surface area contributed by atoms with Crippen LogP contribution in [0.3, 0.4) is 0 Å². The first-order valence-electron chi connectivity index (χ1n) is 17.6. The van der Waals surface area contributed by atoms with Crippen LogP contribution in [0.15, 0.2) is 42.6 Å². The van der Waals surface area contributed by atoms with Crippen molar-refractivity contribution in [2.75, 3.05) is 13.7 Å². The first kappa shape index (κ1) is 36.4. The molecule has 15 heteroatoms. The number of amides is 4. The van der Waals surface area contributed by atoms with E-state index in [1.807, 2.05) is 30.4 Å². The number of allylic oxidation sites excluding steroid dienone is 1. The maximum Gasteiger partial charge on any atom is 0.408 e. The van der Waals surface area contributed by atoms with Crippen molar-refractivity contribution in [2.45, 2.75) is 113 Å². The Balaban J connectivity index is 1.30. The summed E-state index contributed by atoms with van der Waals surface area (Å²) in [4.78, 5) is 61.1. The Morgan fingerprint density at radius 3 is 2.59 bits per heavy atom. The minimum Gasteiger partial charge on any atom is -0.497 e. The summed E-state index contributed by atoms with van der Waals surface area (Å²) < 4.78 is 45.0. The highest BCUT2D eigenvalue weighted by Gasteiger charge is 2.62. The van der Waals surface area contributed by atoms with Gasteiger partial charge < -0.3 is 29.7 Å². The topological polar surface area (TPSA) is 182 Å². The number of benzene rings is 1. The van der Waals surface area contributed by atoms with Gasteiger partial charge >= 0.3 is 6.09 Å². The molecule has 5 atom stereocenters. The van der Waals surface area contributed by atoms with Crippen molar-refractivity contribution < 1.29 is 41.8 Å². The van der Waals surface area contributed by atoms with Gasteiger partial charge in [0, 0.05) is 23.9 Å². The molecule has 2 aromatic rings. The minimum atomic E-state index is -3.88. The highest BCUT2D eigenvalue weighted by molar-refractivity contribution is 7.91. The van der Waals surface area contributed by atoms with Gasteiger partial charge in [-0.25, -0.2) is 18.2 Å². The number of pyridine rings is 1. The van der Waals surface area contributed by atoms with Gasteiger partial charge in [0.2, 0.25) is 27.7 Å². The number of carbonyl (C=O) groups is 4. The second kappa shape index (κ2) is 14.3. The van der Waals surface area contributed by atoms with Gasteiger partial charge in [0.05, 0.1) is 18.9 Å². The van der Waals surface area contributed by atoms with Gasteiger partial charge in [0.15, 0.2) is 0 Å². The van der Waals surface area contributed by atoms with Crippen LogP contribution in [0.5, 0.6) is 11.6 Å². The number of fused-ring (bicyclic) bond motifs is 3. The zero-order valence-corrected chi connectivity index (χ0v) is 30.3. The Bertz CT molecular complexity index is 1820. The quantitative estimate of drug-likeness (QED) is 0.358. The second-order valence-electron chi connectivity index (χ2n) is 14.9. The number of nitrogens with zero attached hydrogens (tertiary/aromatic N) is 2. The first-order valence-corrected chi connectivity index (χ1v) is 19.2. The Kier molecular flexibility index (Phi) is 10.2. The van der Waals surface area contributed by atoms with E-state index < -0.39 is 74.3 Å². The van der Waals surface area contributed by atoms with Crippen molar-refractivity contribution in [3.05, 3.63) is 42.6 Å². The molecule has 51 heavy (non-hydrogen) atoms. The van der Waals surface area contributed by atoms with E-state index in [1.165, 1.54) is 4.90 Å². The lowest BCUT2D eigenvalue weighted by molar-refractivity contribution is -0.141. The summed E-state index contributed by atoms with van der Waals surface area (Å²) in [6.45, 7) is 5.18. The zero-order valence-electron chi connectivity index (χ0n) is 29.5. The molecule has 0 bridgehead atoms. The van der Waals surface area contributed by atoms with Crippen molar-refractivity contribution in [3.63, 3.8) is 0 Å². The smallest absolute Gasteiger partial charge is 0.408 e. The minimum absolute atomic E-state index is 0.00374. The van der Waals surface area contributed by atoms with Crippen molar-refractivity contribution in [2.24, 2.45) is 5.92 Å². The van der Waals surface area contributed by atoms with Gasteiger partial charge in [-0.15, -0.1) is 0 Å². The molecule has 14 nitrogen and oxygen atoms in total. The summed E-state index contributed by atoms with van der Waals surface area (Å²) in [7, 11) is -2.31. The van der Waals surface area contributed by atoms with Crippen LogP contribution in [0.1, 0.15) is 78.6 Å². The van der Waals surface area contributed by atoms with Gasteiger partial charge in [-0.05, 0) is 88.9 Å². The number of nitrogens with one attached hydrogen (secondary N) is 3. The Morgan fingerprint density at radius 1 is 1.08 bits per heavy atom. The molecule has 4 amide bonds. The lowest BCUT2D eigenvalue weighted by Crippen LogP contribution is -2.58. The standard InChI is InChI=1S/C36H47N5O9S/c1-35(2,3)50-34(45)38-28-11-9-7-5-6-8-10-23-20-36(23,33(44)40-51(46,47)26-13-14-26)39-30(42)29-19-25(21-41(29)32(28)43)49-31-27-15-12-24(48-4)18-22(27)16-17-37-31/h8,10,12,15-18,23,25-26,28-29H,5-7,9,11,13-14,19-21H2,1-4H3,(H,38,45)(H,39,42)(H,40,44)/t23-,25?,28+,29+,36-/m1/s1. The molecular weight excluding hydrogens is 678 g/mol. The summed E-state index contributed by atoms with van der Waals surface area (Å²) >= 11 is 0. The molecule has 2 saturated carbocycles. The third-order valence-corrected chi connectivity index (χ3v) is 11.6. The van der Waals surface area contributed by atoms with E-state index in [2.05, 4.69) is 20.3 Å². The molecule has 2 aliphatic carbocycles. The molecular formula is C36H47N5O9S. The molecule has 4 aliphatic rings. The van der Waals surface area contributed by atoms with E-state index >= 15 is 0 Å². The Hall–Kier alpha value is -4.40. The van der Waals surface area contributed by atoms with Gasteiger partial charge in [-0.3, -0.25) is 19.1 Å². The molecule has 6 rings (SSSR count). The number of ether oxygens (including phenoxy) is 3. The monoisotopic (exact) mass is 725 g/mol. The van der Waals surface area contributed by atoms with Crippen LogP contribution < -0.4 is 24.8 Å². The molecule has 276 valence electrons. The lowest BCUT2D eigenvalue weighted by atomic mass is 10.0. The Labute approximate surface area is 298 Å². The van der Waals surface area contributed by atoms with E-state index in [1.54, 1.807) is 40.1 Å². The van der Waals surface area contributed by atoms with Crippen LogP contribution in [0.2, 0.25) is 0 Å². The van der Waals surface area contributed by atoms with E-state index in [9.17, 15) is 27.6 Å². The lowest BCUT2D eigenvalue weighted by Gasteiger charge is -2.30. The largest absolute Gasteiger partial charge is 0.497 e. The molecule has 3 fully saturated rings.